The molecule has 0 saturated heterocycles. The van der Waals surface area contributed by atoms with Crippen molar-refractivity contribution in [2.24, 2.45) is 0 Å². The molecule has 7 heteroatoms. The van der Waals surface area contributed by atoms with E-state index in [0.717, 1.165) is 15.6 Å². The Morgan fingerprint density at radius 3 is 2.41 bits per heavy atom. The number of ether oxygens (including phenoxy) is 1. The van der Waals surface area contributed by atoms with Crippen LogP contribution in [-0.2, 0) is 11.3 Å². The second kappa shape index (κ2) is 8.57. The molecule has 1 aromatic heterocycles. The SMILES string of the molecule is COC(=O)c1ccc(C2c3c(oc4ccc(Br)cc4c3=O)C(=O)N2Cc2ccc(C)cc2)cc1. The molecule has 0 N–H and O–H groups in total. The van der Waals surface area contributed by atoms with Gasteiger partial charge in [-0.1, -0.05) is 57.9 Å². The maximum atomic E-state index is 13.6. The zero-order chi connectivity index (χ0) is 24.0. The van der Waals surface area contributed by atoms with Gasteiger partial charge in [0.2, 0.25) is 5.76 Å². The molecule has 0 radical (unpaired) electrons. The molecule has 0 bridgehead atoms. The summed E-state index contributed by atoms with van der Waals surface area (Å²) in [4.78, 5) is 40.7. The highest BCUT2D eigenvalue weighted by Crippen LogP contribution is 2.39. The van der Waals surface area contributed by atoms with Crippen molar-refractivity contribution in [1.29, 1.82) is 0 Å². The fourth-order valence-electron chi connectivity index (χ4n) is 4.31. The minimum atomic E-state index is -0.657. The normalized spacial score (nSPS) is 15.0. The molecule has 4 aromatic rings. The predicted octanol–water partition coefficient (Wildman–Crippen LogP) is 5.40. The molecule has 1 atom stereocenters. The first-order valence-electron chi connectivity index (χ1n) is 10.7. The Bertz CT molecular complexity index is 1490. The summed E-state index contributed by atoms with van der Waals surface area (Å²) in [6.07, 6.45) is 0. The Kier molecular flexibility index (Phi) is 5.57. The second-order valence-electron chi connectivity index (χ2n) is 8.25. The fraction of sp³-hybridized carbons (Fsp3) is 0.148. The number of esters is 1. The number of rotatable bonds is 4. The Hall–Kier alpha value is -3.71. The monoisotopic (exact) mass is 517 g/mol. The van der Waals surface area contributed by atoms with Gasteiger partial charge in [0, 0.05) is 11.0 Å². The third-order valence-electron chi connectivity index (χ3n) is 6.05. The lowest BCUT2D eigenvalue weighted by atomic mass is 9.97. The first kappa shape index (κ1) is 22.1. The van der Waals surface area contributed by atoms with Gasteiger partial charge in [-0.05, 0) is 48.4 Å². The largest absolute Gasteiger partial charge is 0.465 e. The van der Waals surface area contributed by atoms with E-state index < -0.39 is 12.0 Å². The van der Waals surface area contributed by atoms with E-state index >= 15 is 0 Å². The Labute approximate surface area is 203 Å². The van der Waals surface area contributed by atoms with Crippen LogP contribution in [0.15, 0.2) is 80.4 Å². The van der Waals surface area contributed by atoms with E-state index in [2.05, 4.69) is 15.9 Å². The van der Waals surface area contributed by atoms with Crippen molar-refractivity contribution in [2.75, 3.05) is 7.11 Å². The van der Waals surface area contributed by atoms with E-state index in [1.807, 2.05) is 31.2 Å². The number of carbonyl (C=O) groups excluding carboxylic acids is 2. The molecular weight excluding hydrogens is 498 g/mol. The van der Waals surface area contributed by atoms with Crippen LogP contribution in [-0.4, -0.2) is 23.9 Å². The molecule has 0 aliphatic carbocycles. The molecule has 0 fully saturated rings. The Balaban J connectivity index is 1.68. The van der Waals surface area contributed by atoms with E-state index in [0.29, 0.717) is 34.2 Å². The number of hydrogen-bond donors (Lipinski definition) is 0. The van der Waals surface area contributed by atoms with Crippen LogP contribution in [0.4, 0.5) is 0 Å². The van der Waals surface area contributed by atoms with Crippen LogP contribution in [0.25, 0.3) is 11.0 Å². The molecule has 6 nitrogen and oxygen atoms in total. The standard InChI is InChI=1S/C27H20BrNO5/c1-15-3-5-16(6-4-15)14-29-23(17-7-9-18(10-8-17)27(32)33-2)22-24(30)20-13-19(28)11-12-21(20)34-25(22)26(29)31/h3-13,23H,14H2,1-2H3. The summed E-state index contributed by atoms with van der Waals surface area (Å²) in [6, 6.07) is 19.1. The zero-order valence-corrected chi connectivity index (χ0v) is 20.1. The summed E-state index contributed by atoms with van der Waals surface area (Å²) in [5.41, 5.74) is 3.54. The van der Waals surface area contributed by atoms with Gasteiger partial charge in [-0.2, -0.15) is 0 Å². The van der Waals surface area contributed by atoms with Crippen LogP contribution in [0.2, 0.25) is 0 Å². The summed E-state index contributed by atoms with van der Waals surface area (Å²) in [5.74, 6) is -0.755. The number of aryl methyl sites for hydroxylation is 1. The van der Waals surface area contributed by atoms with E-state index in [-0.39, 0.29) is 17.1 Å². The molecule has 1 aliphatic rings. The molecule has 170 valence electrons. The molecule has 1 amide bonds. The van der Waals surface area contributed by atoms with Gasteiger partial charge in [-0.15, -0.1) is 0 Å². The third kappa shape index (κ3) is 3.72. The number of amides is 1. The molecule has 2 heterocycles. The number of fused-ring (bicyclic) bond motifs is 2. The highest BCUT2D eigenvalue weighted by molar-refractivity contribution is 9.10. The minimum absolute atomic E-state index is 0.0500. The van der Waals surface area contributed by atoms with Crippen LogP contribution in [0.5, 0.6) is 0 Å². The van der Waals surface area contributed by atoms with Crippen LogP contribution >= 0.6 is 15.9 Å². The molecular formula is C27H20BrNO5. The number of hydrogen-bond acceptors (Lipinski definition) is 5. The van der Waals surface area contributed by atoms with Crippen molar-refractivity contribution >= 4 is 38.8 Å². The second-order valence-corrected chi connectivity index (χ2v) is 9.16. The van der Waals surface area contributed by atoms with Gasteiger partial charge in [0.1, 0.15) is 5.58 Å². The lowest BCUT2D eigenvalue weighted by molar-refractivity contribution is 0.0599. The number of nitrogens with zero attached hydrogens (tertiary/aromatic N) is 1. The van der Waals surface area contributed by atoms with Gasteiger partial charge in [0.15, 0.2) is 5.43 Å². The lowest BCUT2D eigenvalue weighted by Crippen LogP contribution is -2.29. The van der Waals surface area contributed by atoms with E-state index in [1.54, 1.807) is 47.4 Å². The average molecular weight is 518 g/mol. The van der Waals surface area contributed by atoms with Gasteiger partial charge in [0.25, 0.3) is 5.91 Å². The number of halogens is 1. The smallest absolute Gasteiger partial charge is 0.337 e. The third-order valence-corrected chi connectivity index (χ3v) is 6.54. The van der Waals surface area contributed by atoms with Crippen LogP contribution in [0, 0.1) is 6.92 Å². The molecule has 1 unspecified atom stereocenters. The first-order valence-corrected chi connectivity index (χ1v) is 11.5. The molecule has 5 rings (SSSR count). The van der Waals surface area contributed by atoms with Gasteiger partial charge in [0.05, 0.1) is 29.7 Å². The van der Waals surface area contributed by atoms with Gasteiger partial charge in [-0.25, -0.2) is 4.79 Å². The predicted molar refractivity (Wildman–Crippen MR) is 131 cm³/mol. The van der Waals surface area contributed by atoms with Gasteiger partial charge >= 0.3 is 5.97 Å². The minimum Gasteiger partial charge on any atom is -0.465 e. The number of carbonyl (C=O) groups is 2. The van der Waals surface area contributed by atoms with Gasteiger partial charge in [-0.3, -0.25) is 9.59 Å². The molecule has 34 heavy (non-hydrogen) atoms. The lowest BCUT2D eigenvalue weighted by Gasteiger charge is -2.25. The highest BCUT2D eigenvalue weighted by atomic mass is 79.9. The first-order chi connectivity index (χ1) is 16.4. The van der Waals surface area contributed by atoms with Crippen molar-refractivity contribution < 1.29 is 18.7 Å². The molecule has 0 saturated carbocycles. The maximum absolute atomic E-state index is 13.6. The number of benzene rings is 3. The van der Waals surface area contributed by atoms with Crippen LogP contribution in [0.1, 0.15) is 49.2 Å². The van der Waals surface area contributed by atoms with Crippen molar-refractivity contribution in [1.82, 2.24) is 4.90 Å². The van der Waals surface area contributed by atoms with E-state index in [4.69, 9.17) is 9.15 Å². The number of methoxy groups -OCH3 is 1. The highest BCUT2D eigenvalue weighted by Gasteiger charge is 2.42. The van der Waals surface area contributed by atoms with E-state index in [1.165, 1.54) is 7.11 Å². The van der Waals surface area contributed by atoms with Crippen molar-refractivity contribution in [3.63, 3.8) is 0 Å². The maximum Gasteiger partial charge on any atom is 0.337 e. The topological polar surface area (TPSA) is 76.8 Å². The van der Waals surface area contributed by atoms with Crippen molar-refractivity contribution in [3.05, 3.63) is 115 Å². The Morgan fingerprint density at radius 2 is 1.74 bits per heavy atom. The van der Waals surface area contributed by atoms with Crippen LogP contribution < -0.4 is 5.43 Å². The molecule has 3 aromatic carbocycles. The van der Waals surface area contributed by atoms with Crippen molar-refractivity contribution in [3.8, 4) is 0 Å². The summed E-state index contributed by atoms with van der Waals surface area (Å²) < 4.78 is 11.5. The fourth-order valence-corrected chi connectivity index (χ4v) is 4.67. The molecule has 0 spiro atoms. The summed E-state index contributed by atoms with van der Waals surface area (Å²) in [5, 5.41) is 0.397. The van der Waals surface area contributed by atoms with Crippen molar-refractivity contribution in [2.45, 2.75) is 19.5 Å². The zero-order valence-electron chi connectivity index (χ0n) is 18.5. The van der Waals surface area contributed by atoms with E-state index in [9.17, 15) is 14.4 Å². The average Bonchev–Trinajstić information content (AvgIpc) is 3.12. The van der Waals surface area contributed by atoms with Gasteiger partial charge < -0.3 is 14.1 Å². The molecule has 1 aliphatic heterocycles. The Morgan fingerprint density at radius 1 is 1.03 bits per heavy atom. The van der Waals surface area contributed by atoms with Crippen LogP contribution in [0.3, 0.4) is 0 Å². The summed E-state index contributed by atoms with van der Waals surface area (Å²) in [7, 11) is 1.32. The summed E-state index contributed by atoms with van der Waals surface area (Å²) in [6.45, 7) is 2.30. The quantitative estimate of drug-likeness (QED) is 0.339. The summed E-state index contributed by atoms with van der Waals surface area (Å²) >= 11 is 3.41.